The van der Waals surface area contributed by atoms with Crippen LogP contribution in [0.4, 0.5) is 5.69 Å². The highest BCUT2D eigenvalue weighted by molar-refractivity contribution is 6.42. The second kappa shape index (κ2) is 13.8. The Balaban J connectivity index is 0.752. The van der Waals surface area contributed by atoms with E-state index in [1.807, 2.05) is 18.2 Å². The smallest absolute Gasteiger partial charge is 0.266 e. The van der Waals surface area contributed by atoms with Gasteiger partial charge in [-0.2, -0.15) is 0 Å². The standard InChI is InChI=1S/C68H47NO2/c1-34(2)45-11-7-12-46(35(3)4)66(45)69-67(70)55-21-19-53-51-14-8-13-50-48(17-18-52(63(50)51)54-20-22-56(68(69)71)65(55)64(53)54)37-15-16-49-38(24-37)25-40-31-60-42(29-58(40)49)27-44-32-61-43(33-62(44)60)26-41-28-57-39(30-59(41)61)23-36-9-5-6-10-47(36)57/h5-22,24,28-35H,23,25-27H2,1-4H3. The summed E-state index contributed by atoms with van der Waals surface area (Å²) in [6.07, 6.45) is 3.92. The first-order valence-electron chi connectivity index (χ1n) is 25.5. The van der Waals surface area contributed by atoms with E-state index >= 15 is 0 Å². The number of hydrogen-bond donors (Lipinski definition) is 0. The van der Waals surface area contributed by atoms with Crippen molar-refractivity contribution < 1.29 is 9.59 Å². The van der Waals surface area contributed by atoms with Crippen LogP contribution in [-0.4, -0.2) is 11.8 Å². The number of carbonyl (C=O) groups excluding carboxylic acids is 2. The summed E-state index contributed by atoms with van der Waals surface area (Å²) in [5.74, 6) is -0.230. The molecule has 0 atom stereocenters. The van der Waals surface area contributed by atoms with Gasteiger partial charge in [0.05, 0.1) is 5.69 Å². The molecule has 0 saturated heterocycles. The lowest BCUT2D eigenvalue weighted by atomic mass is 9.83. The van der Waals surface area contributed by atoms with Gasteiger partial charge in [-0.25, -0.2) is 4.90 Å². The molecule has 3 heteroatoms. The topological polar surface area (TPSA) is 37.4 Å². The zero-order chi connectivity index (χ0) is 47.3. The fraction of sp³-hybridized carbons (Fsp3) is 0.147. The minimum atomic E-state index is -0.252. The Morgan fingerprint density at radius 3 is 1.28 bits per heavy atom. The van der Waals surface area contributed by atoms with Crippen LogP contribution < -0.4 is 4.90 Å². The molecule has 16 rings (SSSR count). The van der Waals surface area contributed by atoms with Gasteiger partial charge in [-0.1, -0.05) is 131 Å². The van der Waals surface area contributed by atoms with Crippen molar-refractivity contribution in [1.29, 1.82) is 0 Å². The minimum absolute atomic E-state index is 0.137. The van der Waals surface area contributed by atoms with E-state index in [-0.39, 0.29) is 23.7 Å². The number of amides is 2. The number of rotatable bonds is 4. The zero-order valence-electron chi connectivity index (χ0n) is 40.2. The molecule has 0 N–H and O–H groups in total. The van der Waals surface area contributed by atoms with E-state index in [0.29, 0.717) is 11.1 Å². The van der Waals surface area contributed by atoms with E-state index < -0.39 is 0 Å². The van der Waals surface area contributed by atoms with E-state index in [4.69, 9.17) is 0 Å². The van der Waals surface area contributed by atoms with Crippen LogP contribution in [0.15, 0.2) is 152 Å². The molecule has 4 aliphatic carbocycles. The quantitative estimate of drug-likeness (QED) is 0.100. The van der Waals surface area contributed by atoms with E-state index in [1.54, 1.807) is 0 Å². The largest absolute Gasteiger partial charge is 0.268 e. The summed E-state index contributed by atoms with van der Waals surface area (Å²) in [7, 11) is 0. The van der Waals surface area contributed by atoms with Gasteiger partial charge in [0.1, 0.15) is 0 Å². The van der Waals surface area contributed by atoms with Crippen molar-refractivity contribution in [2.45, 2.75) is 65.2 Å². The Morgan fingerprint density at radius 2 is 0.732 bits per heavy atom. The molecule has 1 heterocycles. The Hall–Kier alpha value is -8.14. The lowest BCUT2D eigenvalue weighted by Gasteiger charge is -2.32. The summed E-state index contributed by atoms with van der Waals surface area (Å²) >= 11 is 0. The highest BCUT2D eigenvalue weighted by Crippen LogP contribution is 2.52. The van der Waals surface area contributed by atoms with Crippen molar-refractivity contribution in [3.63, 3.8) is 0 Å². The number of nitrogens with zero attached hydrogens (tertiary/aromatic N) is 1. The first-order chi connectivity index (χ1) is 34.7. The third kappa shape index (κ3) is 5.18. The third-order valence-electron chi connectivity index (χ3n) is 17.3. The van der Waals surface area contributed by atoms with Crippen LogP contribution in [-0.2, 0) is 25.7 Å². The summed E-state index contributed by atoms with van der Waals surface area (Å²) in [4.78, 5) is 31.1. The van der Waals surface area contributed by atoms with Crippen LogP contribution in [0.5, 0.6) is 0 Å². The average Bonchev–Trinajstić information content (AvgIpc) is 4.13. The lowest BCUT2D eigenvalue weighted by Crippen LogP contribution is -2.41. The number of carbonyl (C=O) groups is 2. The molecule has 11 aromatic carbocycles. The molecular weight excluding hydrogens is 863 g/mol. The summed E-state index contributed by atoms with van der Waals surface area (Å²) in [5, 5.41) is 8.59. The van der Waals surface area contributed by atoms with Crippen LogP contribution >= 0.6 is 0 Å². The first kappa shape index (κ1) is 39.7. The molecule has 336 valence electrons. The maximum atomic E-state index is 14.8. The van der Waals surface area contributed by atoms with Crippen LogP contribution in [0.2, 0.25) is 0 Å². The van der Waals surface area contributed by atoms with Gasteiger partial charge in [0.15, 0.2) is 0 Å². The van der Waals surface area contributed by atoms with Gasteiger partial charge in [-0.15, -0.1) is 0 Å². The molecule has 0 radical (unpaired) electrons. The molecule has 0 bridgehead atoms. The molecular formula is C68H47NO2. The fourth-order valence-electron chi connectivity index (χ4n) is 14.1. The first-order valence-corrected chi connectivity index (χ1v) is 25.5. The van der Waals surface area contributed by atoms with Gasteiger partial charge >= 0.3 is 0 Å². The summed E-state index contributed by atoms with van der Waals surface area (Å²) < 4.78 is 0. The maximum absolute atomic E-state index is 14.8. The molecule has 0 unspecified atom stereocenters. The minimum Gasteiger partial charge on any atom is -0.268 e. The van der Waals surface area contributed by atoms with E-state index in [1.165, 1.54) is 116 Å². The SMILES string of the molecule is CC(C)c1cccc(C(C)C)c1N1C(=O)c2ccc3c4cccc5c(-c6ccc7c(c6)Cc6cc8c(cc6-7)Cc6cc7c(cc6-8)Cc6cc8c(cc6-7)Cc6ccccc6-8)ccc(c6ccc(c2c36)C1=O)c54. The Labute approximate surface area is 412 Å². The Kier molecular flexibility index (Phi) is 7.71. The molecule has 0 fully saturated rings. The van der Waals surface area contributed by atoms with Gasteiger partial charge in [0, 0.05) is 16.5 Å². The predicted molar refractivity (Wildman–Crippen MR) is 292 cm³/mol. The Bertz CT molecular complexity index is 4240. The summed E-state index contributed by atoms with van der Waals surface area (Å²) in [6.45, 7) is 8.51. The molecule has 0 aromatic heterocycles. The van der Waals surface area contributed by atoms with Crippen molar-refractivity contribution in [1.82, 2.24) is 0 Å². The molecule has 11 aromatic rings. The van der Waals surface area contributed by atoms with Crippen molar-refractivity contribution in [3.05, 3.63) is 218 Å². The molecule has 71 heavy (non-hydrogen) atoms. The monoisotopic (exact) mass is 909 g/mol. The normalized spacial score (nSPS) is 14.5. The Morgan fingerprint density at radius 1 is 0.324 bits per heavy atom. The van der Waals surface area contributed by atoms with Gasteiger partial charge in [0.25, 0.3) is 11.8 Å². The average molecular weight is 910 g/mol. The van der Waals surface area contributed by atoms with Crippen LogP contribution in [0, 0.1) is 0 Å². The highest BCUT2D eigenvalue weighted by atomic mass is 16.2. The number of imide groups is 1. The van der Waals surface area contributed by atoms with Crippen LogP contribution in [0.3, 0.4) is 0 Å². The van der Waals surface area contributed by atoms with Crippen molar-refractivity contribution in [2.75, 3.05) is 4.90 Å². The second-order valence-corrected chi connectivity index (χ2v) is 21.7. The molecule has 3 nitrogen and oxygen atoms in total. The van der Waals surface area contributed by atoms with Gasteiger partial charge in [-0.05, 0) is 235 Å². The van der Waals surface area contributed by atoms with E-state index in [9.17, 15) is 9.59 Å². The van der Waals surface area contributed by atoms with Gasteiger partial charge in [-0.3, -0.25) is 9.59 Å². The molecule has 2 amide bonds. The predicted octanol–water partition coefficient (Wildman–Crippen LogP) is 16.7. The molecule has 0 saturated carbocycles. The fourth-order valence-corrected chi connectivity index (χ4v) is 14.1. The van der Waals surface area contributed by atoms with Crippen LogP contribution in [0.1, 0.15) is 116 Å². The third-order valence-corrected chi connectivity index (χ3v) is 17.3. The second-order valence-electron chi connectivity index (χ2n) is 21.7. The highest BCUT2D eigenvalue weighted by Gasteiger charge is 2.38. The van der Waals surface area contributed by atoms with Crippen LogP contribution in [0.25, 0.3) is 98.7 Å². The number of para-hydroxylation sites is 1. The van der Waals surface area contributed by atoms with E-state index in [0.717, 1.165) is 74.8 Å². The number of benzene rings is 11. The number of fused-ring (bicyclic) bond motifs is 14. The van der Waals surface area contributed by atoms with Gasteiger partial charge in [0.2, 0.25) is 0 Å². The molecule has 0 spiro atoms. The summed E-state index contributed by atoms with van der Waals surface area (Å²) in [5.41, 5.74) is 29.1. The number of anilines is 1. The van der Waals surface area contributed by atoms with Crippen molar-refractivity contribution >= 4 is 60.6 Å². The van der Waals surface area contributed by atoms with E-state index in [2.05, 4.69) is 161 Å². The van der Waals surface area contributed by atoms with Crippen molar-refractivity contribution in [3.8, 4) is 55.6 Å². The van der Waals surface area contributed by atoms with Crippen molar-refractivity contribution in [2.24, 2.45) is 0 Å². The summed E-state index contributed by atoms with van der Waals surface area (Å²) in [6, 6.07) is 56.6. The lowest BCUT2D eigenvalue weighted by molar-refractivity contribution is 0.0893. The number of hydrogen-bond acceptors (Lipinski definition) is 2. The maximum Gasteiger partial charge on any atom is 0.266 e. The van der Waals surface area contributed by atoms with Gasteiger partial charge < -0.3 is 0 Å². The molecule has 1 aliphatic heterocycles. The zero-order valence-corrected chi connectivity index (χ0v) is 40.2. The molecule has 5 aliphatic rings.